The predicted molar refractivity (Wildman–Crippen MR) is 126 cm³/mol. The van der Waals surface area contributed by atoms with Crippen LogP contribution in [-0.4, -0.2) is 31.3 Å². The van der Waals surface area contributed by atoms with Gasteiger partial charge in [-0.15, -0.1) is 0 Å². The number of carbonyl (C=O) groups excluding carboxylic acids is 1. The van der Waals surface area contributed by atoms with Crippen molar-refractivity contribution in [3.8, 4) is 0 Å². The number of alkyl halides is 5. The molecule has 0 N–H and O–H groups in total. The minimum Gasteiger partial charge on any atom is -0.457 e. The lowest BCUT2D eigenvalue weighted by Crippen LogP contribution is -2.41. The first kappa shape index (κ1) is 29.0. The molecule has 0 aliphatic heterocycles. The number of fused-ring (bicyclic) bond motifs is 1. The molecule has 0 heterocycles. The van der Waals surface area contributed by atoms with E-state index in [1.807, 2.05) is 24.3 Å². The predicted octanol–water partition coefficient (Wildman–Crippen LogP) is 7.84. The fraction of sp³-hybridized carbons (Fsp3) is 0.593. The van der Waals surface area contributed by atoms with Crippen molar-refractivity contribution in [2.45, 2.75) is 79.0 Å². The van der Waals surface area contributed by atoms with Crippen LogP contribution < -0.4 is 0 Å². The second kappa shape index (κ2) is 10.0. The summed E-state index contributed by atoms with van der Waals surface area (Å²) in [6, 6.07) is 12.0. The topological polar surface area (TPSA) is 35.5 Å². The number of benzene rings is 2. The van der Waals surface area contributed by atoms with E-state index in [0.717, 1.165) is 22.8 Å². The third-order valence-electron chi connectivity index (χ3n) is 6.40. The quantitative estimate of drug-likeness (QED) is 0.273. The van der Waals surface area contributed by atoms with Crippen LogP contribution in [-0.2, 0) is 26.3 Å². The highest BCUT2D eigenvalue weighted by molar-refractivity contribution is 5.84. The van der Waals surface area contributed by atoms with Gasteiger partial charge in [-0.25, -0.2) is 4.79 Å². The van der Waals surface area contributed by atoms with Crippen molar-refractivity contribution in [3.05, 3.63) is 47.5 Å². The van der Waals surface area contributed by atoms with Crippen molar-refractivity contribution in [1.29, 1.82) is 0 Å². The highest BCUT2D eigenvalue weighted by atomic mass is 19.4. The first-order chi connectivity index (χ1) is 15.8. The van der Waals surface area contributed by atoms with Crippen LogP contribution in [0.2, 0.25) is 0 Å². The Balaban J connectivity index is 2.08. The highest BCUT2D eigenvalue weighted by Gasteiger charge is 2.58. The van der Waals surface area contributed by atoms with Crippen molar-refractivity contribution in [2.75, 3.05) is 13.2 Å². The molecule has 0 bridgehead atoms. The molecule has 2 aromatic carbocycles. The number of hydrogen-bond acceptors (Lipinski definition) is 3. The van der Waals surface area contributed by atoms with Crippen LogP contribution in [0.5, 0.6) is 0 Å². The summed E-state index contributed by atoms with van der Waals surface area (Å²) in [5.74, 6) is -6.39. The summed E-state index contributed by atoms with van der Waals surface area (Å²) in [6.45, 7) is 12.9. The van der Waals surface area contributed by atoms with Gasteiger partial charge in [0.05, 0.1) is 6.61 Å². The molecule has 0 spiro atoms. The van der Waals surface area contributed by atoms with Gasteiger partial charge in [0.15, 0.2) is 6.61 Å². The van der Waals surface area contributed by atoms with Crippen LogP contribution in [0.4, 0.5) is 22.0 Å². The summed E-state index contributed by atoms with van der Waals surface area (Å²) in [5, 5.41) is 2.01. The SMILES string of the molecule is CC(C)(C)CC(C)(c1ccc2cc(COCC(=O)OCC(F)(F)C(F)(F)F)ccc2c1)C(C)(C)C. The Morgan fingerprint density at radius 3 is 1.94 bits per heavy atom. The highest BCUT2D eigenvalue weighted by Crippen LogP contribution is 2.49. The molecule has 2 aromatic rings. The monoisotopic (exact) mass is 502 g/mol. The minimum absolute atomic E-state index is 0.0216. The number of halogens is 5. The number of ether oxygens (including phenoxy) is 2. The smallest absolute Gasteiger partial charge is 0.456 e. The van der Waals surface area contributed by atoms with Crippen LogP contribution in [0, 0.1) is 10.8 Å². The number of carbonyl (C=O) groups is 1. The summed E-state index contributed by atoms with van der Waals surface area (Å²) in [6.07, 6.45) is -4.78. The van der Waals surface area contributed by atoms with Gasteiger partial charge in [-0.3, -0.25) is 0 Å². The summed E-state index contributed by atoms with van der Waals surface area (Å²) in [7, 11) is 0. The zero-order valence-electron chi connectivity index (χ0n) is 21.4. The molecule has 8 heteroatoms. The molecule has 0 saturated carbocycles. The Hall–Kier alpha value is -2.22. The van der Waals surface area contributed by atoms with Crippen LogP contribution in [0.3, 0.4) is 0 Å². The maximum Gasteiger partial charge on any atom is 0.456 e. The molecule has 3 nitrogen and oxygen atoms in total. The summed E-state index contributed by atoms with van der Waals surface area (Å²) in [5.41, 5.74) is 2.08. The minimum atomic E-state index is -5.78. The summed E-state index contributed by atoms with van der Waals surface area (Å²) < 4.78 is 71.2. The van der Waals surface area contributed by atoms with Gasteiger partial charge in [0, 0.05) is 0 Å². The molecule has 0 fully saturated rings. The van der Waals surface area contributed by atoms with Gasteiger partial charge in [0.25, 0.3) is 0 Å². The number of rotatable bonds is 8. The normalized spacial score (nSPS) is 15.2. The van der Waals surface area contributed by atoms with Gasteiger partial charge in [0.2, 0.25) is 0 Å². The Kier molecular flexibility index (Phi) is 8.32. The molecule has 1 unspecified atom stereocenters. The third-order valence-corrected chi connectivity index (χ3v) is 6.40. The molecular formula is C27H35F5O3. The molecule has 0 aliphatic rings. The van der Waals surface area contributed by atoms with E-state index in [0.29, 0.717) is 0 Å². The first-order valence-corrected chi connectivity index (χ1v) is 11.5. The van der Waals surface area contributed by atoms with Crippen molar-refractivity contribution in [1.82, 2.24) is 0 Å². The van der Waals surface area contributed by atoms with E-state index >= 15 is 0 Å². The molecule has 0 aromatic heterocycles. The lowest BCUT2D eigenvalue weighted by atomic mass is 9.58. The van der Waals surface area contributed by atoms with E-state index in [4.69, 9.17) is 4.74 Å². The van der Waals surface area contributed by atoms with E-state index in [2.05, 4.69) is 65.3 Å². The number of esters is 1. The van der Waals surface area contributed by atoms with Crippen molar-refractivity contribution >= 4 is 16.7 Å². The van der Waals surface area contributed by atoms with Crippen LogP contribution in [0.15, 0.2) is 36.4 Å². The molecule has 196 valence electrons. The van der Waals surface area contributed by atoms with E-state index in [-0.39, 0.29) is 22.9 Å². The van der Waals surface area contributed by atoms with E-state index in [9.17, 15) is 26.7 Å². The van der Waals surface area contributed by atoms with Crippen LogP contribution >= 0.6 is 0 Å². The molecule has 2 rings (SSSR count). The molecule has 0 radical (unpaired) electrons. The Labute approximate surface area is 204 Å². The first-order valence-electron chi connectivity index (χ1n) is 11.5. The third kappa shape index (κ3) is 7.38. The fourth-order valence-electron chi connectivity index (χ4n) is 4.14. The average molecular weight is 503 g/mol. The van der Waals surface area contributed by atoms with Gasteiger partial charge in [-0.1, -0.05) is 78.8 Å². The maximum atomic E-state index is 12.8. The second-order valence-electron chi connectivity index (χ2n) is 11.6. The van der Waals surface area contributed by atoms with Crippen LogP contribution in [0.25, 0.3) is 10.8 Å². The largest absolute Gasteiger partial charge is 0.457 e. The Morgan fingerprint density at radius 1 is 0.829 bits per heavy atom. The van der Waals surface area contributed by atoms with Crippen molar-refractivity contribution in [2.24, 2.45) is 10.8 Å². The summed E-state index contributed by atoms with van der Waals surface area (Å²) in [4.78, 5) is 11.5. The van der Waals surface area contributed by atoms with Gasteiger partial charge < -0.3 is 9.47 Å². The maximum absolute atomic E-state index is 12.8. The molecular weight excluding hydrogens is 467 g/mol. The van der Waals surface area contributed by atoms with E-state index in [1.54, 1.807) is 0 Å². The Morgan fingerprint density at radius 2 is 1.40 bits per heavy atom. The lowest BCUT2D eigenvalue weighted by molar-refractivity contribution is -0.294. The van der Waals surface area contributed by atoms with Gasteiger partial charge >= 0.3 is 18.1 Å². The van der Waals surface area contributed by atoms with Gasteiger partial charge in [-0.05, 0) is 50.6 Å². The Bertz CT molecular complexity index is 1030. The average Bonchev–Trinajstić information content (AvgIpc) is 2.69. The van der Waals surface area contributed by atoms with E-state index in [1.165, 1.54) is 5.56 Å². The number of hydrogen-bond donors (Lipinski definition) is 0. The standard InChI is InChI=1S/C27H35F5O3/c1-23(2,3)16-25(7,24(4,5)6)21-11-10-19-12-18(8-9-20(19)13-21)14-34-15-22(33)35-17-26(28,29)27(30,31)32/h8-13H,14-17H2,1-7H3. The fourth-order valence-corrected chi connectivity index (χ4v) is 4.14. The zero-order chi connectivity index (χ0) is 26.9. The van der Waals surface area contributed by atoms with Crippen molar-refractivity contribution < 1.29 is 36.2 Å². The van der Waals surface area contributed by atoms with Crippen LogP contribution in [0.1, 0.15) is 66.0 Å². The van der Waals surface area contributed by atoms with E-state index < -0.39 is 31.3 Å². The molecule has 0 saturated heterocycles. The zero-order valence-corrected chi connectivity index (χ0v) is 21.4. The molecule has 1 atom stereocenters. The molecule has 0 aliphatic carbocycles. The molecule has 35 heavy (non-hydrogen) atoms. The lowest BCUT2D eigenvalue weighted by Gasteiger charge is -2.46. The summed E-state index contributed by atoms with van der Waals surface area (Å²) >= 11 is 0. The van der Waals surface area contributed by atoms with Gasteiger partial charge in [-0.2, -0.15) is 22.0 Å². The molecule has 0 amide bonds. The second-order valence-corrected chi connectivity index (χ2v) is 11.6. The van der Waals surface area contributed by atoms with Crippen molar-refractivity contribution in [3.63, 3.8) is 0 Å². The van der Waals surface area contributed by atoms with Gasteiger partial charge in [0.1, 0.15) is 6.61 Å².